The second-order valence-electron chi connectivity index (χ2n) is 5.73. The van der Waals surface area contributed by atoms with Crippen LogP contribution in [0.4, 0.5) is 13.2 Å². The van der Waals surface area contributed by atoms with Crippen molar-refractivity contribution in [1.82, 2.24) is 24.6 Å². The second-order valence-corrected chi connectivity index (χ2v) is 5.73. The van der Waals surface area contributed by atoms with Gasteiger partial charge in [0, 0.05) is 24.4 Å². The van der Waals surface area contributed by atoms with Gasteiger partial charge in [-0.05, 0) is 13.0 Å². The number of alkyl halides is 2. The van der Waals surface area contributed by atoms with Gasteiger partial charge in [-0.25, -0.2) is 18.2 Å². The van der Waals surface area contributed by atoms with Crippen LogP contribution in [0.5, 0.6) is 5.88 Å². The van der Waals surface area contributed by atoms with Gasteiger partial charge in [-0.3, -0.25) is 9.38 Å². The first-order chi connectivity index (χ1) is 11.4. The number of aromatic nitrogens is 5. The first-order valence-electron chi connectivity index (χ1n) is 7.28. The van der Waals surface area contributed by atoms with E-state index in [0.29, 0.717) is 22.7 Å². The van der Waals surface area contributed by atoms with E-state index in [0.717, 1.165) is 0 Å². The SMILES string of the molecule is Cc1nnc2cnc(-c3cnc(OCC4CC4(F)F)c(F)c3)cn12. The Bertz CT molecular complexity index is 927. The largest absolute Gasteiger partial charge is 0.475 e. The molecule has 6 nitrogen and oxygen atoms in total. The van der Waals surface area contributed by atoms with Gasteiger partial charge in [0.2, 0.25) is 5.88 Å². The maximum Gasteiger partial charge on any atom is 0.255 e. The van der Waals surface area contributed by atoms with Crippen LogP contribution in [0, 0.1) is 18.7 Å². The van der Waals surface area contributed by atoms with Crippen molar-refractivity contribution < 1.29 is 17.9 Å². The first kappa shape index (κ1) is 14.9. The highest BCUT2D eigenvalue weighted by Gasteiger charge is 2.57. The topological polar surface area (TPSA) is 65.2 Å². The fourth-order valence-electron chi connectivity index (χ4n) is 2.37. The van der Waals surface area contributed by atoms with Crippen molar-refractivity contribution in [2.75, 3.05) is 6.61 Å². The molecule has 0 amide bonds. The van der Waals surface area contributed by atoms with Gasteiger partial charge < -0.3 is 4.74 Å². The van der Waals surface area contributed by atoms with Crippen LogP contribution in [0.15, 0.2) is 24.7 Å². The summed E-state index contributed by atoms with van der Waals surface area (Å²) in [6, 6.07) is 1.21. The number of halogens is 3. The van der Waals surface area contributed by atoms with Crippen molar-refractivity contribution in [1.29, 1.82) is 0 Å². The maximum absolute atomic E-state index is 14.1. The van der Waals surface area contributed by atoms with E-state index in [-0.39, 0.29) is 18.9 Å². The number of fused-ring (bicyclic) bond motifs is 1. The van der Waals surface area contributed by atoms with Gasteiger partial charge in [0.15, 0.2) is 11.5 Å². The van der Waals surface area contributed by atoms with Crippen LogP contribution < -0.4 is 4.74 Å². The number of rotatable bonds is 4. The summed E-state index contributed by atoms with van der Waals surface area (Å²) < 4.78 is 46.5. The summed E-state index contributed by atoms with van der Waals surface area (Å²) in [5.41, 5.74) is 1.50. The van der Waals surface area contributed by atoms with Crippen LogP contribution >= 0.6 is 0 Å². The molecule has 3 aromatic rings. The van der Waals surface area contributed by atoms with Crippen LogP contribution in [0.25, 0.3) is 16.9 Å². The highest BCUT2D eigenvalue weighted by atomic mass is 19.3. The van der Waals surface area contributed by atoms with Crippen LogP contribution in [0.2, 0.25) is 0 Å². The molecule has 0 N–H and O–H groups in total. The number of ether oxygens (including phenoxy) is 1. The van der Waals surface area contributed by atoms with E-state index in [9.17, 15) is 13.2 Å². The van der Waals surface area contributed by atoms with Crippen molar-refractivity contribution in [3.63, 3.8) is 0 Å². The molecule has 0 spiro atoms. The molecule has 3 aromatic heterocycles. The van der Waals surface area contributed by atoms with E-state index in [1.54, 1.807) is 17.5 Å². The van der Waals surface area contributed by atoms with E-state index in [1.807, 2.05) is 0 Å². The third-order valence-electron chi connectivity index (χ3n) is 3.94. The highest BCUT2D eigenvalue weighted by Crippen LogP contribution is 2.48. The number of pyridine rings is 1. The monoisotopic (exact) mass is 335 g/mol. The molecule has 1 fully saturated rings. The molecule has 124 valence electrons. The van der Waals surface area contributed by atoms with Gasteiger partial charge in [-0.2, -0.15) is 0 Å². The molecule has 0 aliphatic heterocycles. The Kier molecular flexibility index (Phi) is 3.19. The highest BCUT2D eigenvalue weighted by molar-refractivity contribution is 5.59. The van der Waals surface area contributed by atoms with Gasteiger partial charge in [-0.1, -0.05) is 0 Å². The molecule has 1 aliphatic rings. The van der Waals surface area contributed by atoms with E-state index >= 15 is 0 Å². The summed E-state index contributed by atoms with van der Waals surface area (Å²) >= 11 is 0. The number of hydrogen-bond acceptors (Lipinski definition) is 5. The standard InChI is InChI=1S/C15H12F3N5O/c1-8-21-22-13-5-19-12(6-23(8)13)9-2-11(16)14(20-4-9)24-7-10-3-15(10,17)18/h2,4-6,10H,3,7H2,1H3. The minimum absolute atomic E-state index is 0.227. The first-order valence-corrected chi connectivity index (χ1v) is 7.28. The molecule has 0 radical (unpaired) electrons. The Morgan fingerprint density at radius 1 is 1.29 bits per heavy atom. The normalized spacial score (nSPS) is 18.8. The average Bonchev–Trinajstić information content (AvgIpc) is 3.00. The molecule has 0 saturated heterocycles. The summed E-state index contributed by atoms with van der Waals surface area (Å²) in [6.45, 7) is 1.54. The van der Waals surface area contributed by atoms with Crippen molar-refractivity contribution in [2.24, 2.45) is 5.92 Å². The molecule has 0 bridgehead atoms. The minimum atomic E-state index is -2.70. The Morgan fingerprint density at radius 3 is 2.79 bits per heavy atom. The predicted octanol–water partition coefficient (Wildman–Crippen LogP) is 2.67. The molecule has 24 heavy (non-hydrogen) atoms. The molecule has 1 unspecified atom stereocenters. The fraction of sp³-hybridized carbons (Fsp3) is 0.333. The molecule has 1 saturated carbocycles. The number of aryl methyl sites for hydroxylation is 1. The molecule has 4 rings (SSSR count). The zero-order valence-electron chi connectivity index (χ0n) is 12.6. The zero-order chi connectivity index (χ0) is 16.9. The third kappa shape index (κ3) is 2.55. The van der Waals surface area contributed by atoms with Crippen LogP contribution in [-0.2, 0) is 0 Å². The van der Waals surface area contributed by atoms with E-state index in [4.69, 9.17) is 4.74 Å². The number of hydrogen-bond donors (Lipinski definition) is 0. The second kappa shape index (κ2) is 5.15. The van der Waals surface area contributed by atoms with Crippen molar-refractivity contribution >= 4 is 5.65 Å². The quantitative estimate of drug-likeness (QED) is 0.733. The molecular formula is C15H12F3N5O. The van der Waals surface area contributed by atoms with Crippen LogP contribution in [0.3, 0.4) is 0 Å². The Labute approximate surface area is 134 Å². The predicted molar refractivity (Wildman–Crippen MR) is 77.3 cm³/mol. The zero-order valence-corrected chi connectivity index (χ0v) is 12.6. The van der Waals surface area contributed by atoms with Crippen molar-refractivity contribution in [3.8, 4) is 17.1 Å². The lowest BCUT2D eigenvalue weighted by atomic mass is 10.2. The molecule has 3 heterocycles. The van der Waals surface area contributed by atoms with E-state index < -0.39 is 17.7 Å². The smallest absolute Gasteiger partial charge is 0.255 e. The molecule has 9 heteroatoms. The van der Waals surface area contributed by atoms with Gasteiger partial charge in [0.05, 0.1) is 24.4 Å². The van der Waals surface area contributed by atoms with Crippen molar-refractivity contribution in [2.45, 2.75) is 19.3 Å². The van der Waals surface area contributed by atoms with Crippen molar-refractivity contribution in [3.05, 3.63) is 36.3 Å². The third-order valence-corrected chi connectivity index (χ3v) is 3.94. The van der Waals surface area contributed by atoms with Crippen LogP contribution in [-0.4, -0.2) is 37.1 Å². The molecular weight excluding hydrogens is 323 g/mol. The lowest BCUT2D eigenvalue weighted by Crippen LogP contribution is -2.07. The fourth-order valence-corrected chi connectivity index (χ4v) is 2.37. The summed E-state index contributed by atoms with van der Waals surface area (Å²) in [7, 11) is 0. The Hall–Kier alpha value is -2.71. The summed E-state index contributed by atoms with van der Waals surface area (Å²) in [5.74, 6) is -3.90. The molecule has 0 aromatic carbocycles. The summed E-state index contributed by atoms with van der Waals surface area (Å²) in [5, 5.41) is 7.85. The lowest BCUT2D eigenvalue weighted by molar-refractivity contribution is 0.0842. The summed E-state index contributed by atoms with van der Waals surface area (Å²) in [4.78, 5) is 8.06. The van der Waals surface area contributed by atoms with Gasteiger partial charge in [0.1, 0.15) is 5.82 Å². The maximum atomic E-state index is 14.1. The Balaban J connectivity index is 1.57. The number of nitrogens with zero attached hydrogens (tertiary/aromatic N) is 5. The average molecular weight is 335 g/mol. The van der Waals surface area contributed by atoms with Gasteiger partial charge in [-0.15, -0.1) is 10.2 Å². The molecule has 1 aliphatic carbocycles. The van der Waals surface area contributed by atoms with Gasteiger partial charge >= 0.3 is 0 Å². The van der Waals surface area contributed by atoms with Crippen LogP contribution in [0.1, 0.15) is 12.2 Å². The summed E-state index contributed by atoms with van der Waals surface area (Å²) in [6.07, 6.45) is 4.35. The molecule has 1 atom stereocenters. The lowest BCUT2D eigenvalue weighted by Gasteiger charge is -2.07. The minimum Gasteiger partial charge on any atom is -0.475 e. The Morgan fingerprint density at radius 2 is 2.08 bits per heavy atom. The van der Waals surface area contributed by atoms with Gasteiger partial charge in [0.25, 0.3) is 5.92 Å². The van der Waals surface area contributed by atoms with E-state index in [1.165, 1.54) is 18.5 Å². The van der Waals surface area contributed by atoms with E-state index in [2.05, 4.69) is 20.2 Å².